The molecule has 3 rings (SSSR count). The zero-order valence-corrected chi connectivity index (χ0v) is 17.9. The Hall–Kier alpha value is -3.53. The number of ether oxygens (including phenoxy) is 3. The Kier molecular flexibility index (Phi) is 7.28. The van der Waals surface area contributed by atoms with Gasteiger partial charge in [-0.3, -0.25) is 0 Å². The van der Waals surface area contributed by atoms with Crippen molar-refractivity contribution in [2.45, 2.75) is 27.2 Å². The van der Waals surface area contributed by atoms with Crippen LogP contribution in [0.4, 0.5) is 5.69 Å². The second-order valence-electron chi connectivity index (χ2n) is 6.95. The van der Waals surface area contributed by atoms with Crippen LogP contribution in [0.3, 0.4) is 0 Å². The van der Waals surface area contributed by atoms with E-state index in [-0.39, 0.29) is 0 Å². The van der Waals surface area contributed by atoms with Crippen LogP contribution in [0.15, 0.2) is 89.6 Å². The minimum absolute atomic E-state index is 0.473. The first kappa shape index (κ1) is 21.2. The van der Waals surface area contributed by atoms with Crippen LogP contribution < -0.4 is 14.2 Å². The van der Waals surface area contributed by atoms with Crippen LogP contribution in [0.5, 0.6) is 17.2 Å². The molecule has 0 unspecified atom stereocenters. The summed E-state index contributed by atoms with van der Waals surface area (Å²) in [6, 6.07) is 23.4. The van der Waals surface area contributed by atoms with Crippen LogP contribution in [0.25, 0.3) is 0 Å². The van der Waals surface area contributed by atoms with E-state index in [9.17, 15) is 0 Å². The van der Waals surface area contributed by atoms with Crippen molar-refractivity contribution in [1.82, 2.24) is 0 Å². The third-order valence-corrected chi connectivity index (χ3v) is 4.52. The minimum Gasteiger partial charge on any atom is -0.497 e. The van der Waals surface area contributed by atoms with Crippen molar-refractivity contribution in [2.24, 2.45) is 4.99 Å². The fraction of sp³-hybridized carbons (Fsp3) is 0.192. The van der Waals surface area contributed by atoms with Crippen molar-refractivity contribution in [3.05, 3.63) is 95.8 Å². The molecule has 0 aliphatic carbocycles. The molecule has 3 aromatic rings. The highest BCUT2D eigenvalue weighted by Gasteiger charge is 2.09. The first-order valence-corrected chi connectivity index (χ1v) is 9.97. The number of hydrogen-bond donors (Lipinski definition) is 0. The summed E-state index contributed by atoms with van der Waals surface area (Å²) in [6.45, 7) is 6.07. The van der Waals surface area contributed by atoms with Crippen LogP contribution in [0.2, 0.25) is 0 Å². The predicted molar refractivity (Wildman–Crippen MR) is 122 cm³/mol. The summed E-state index contributed by atoms with van der Waals surface area (Å²) in [4.78, 5) is 4.71. The monoisotopic (exact) mass is 401 g/mol. The first-order valence-electron chi connectivity index (χ1n) is 9.97. The van der Waals surface area contributed by atoms with Crippen molar-refractivity contribution >= 4 is 11.6 Å². The van der Waals surface area contributed by atoms with Crippen LogP contribution in [-0.2, 0) is 6.42 Å². The van der Waals surface area contributed by atoms with Gasteiger partial charge in [-0.2, -0.15) is 0 Å². The van der Waals surface area contributed by atoms with E-state index in [0.717, 1.165) is 40.5 Å². The van der Waals surface area contributed by atoms with Crippen LogP contribution in [0.1, 0.15) is 25.0 Å². The van der Waals surface area contributed by atoms with E-state index in [4.69, 9.17) is 19.2 Å². The SMILES string of the molecule is CCc1cccc(OC(=Nc2ccc(OC)cc2)C(C)=COc2cccc(C)c2)c1. The third kappa shape index (κ3) is 5.98. The van der Waals surface area contributed by atoms with E-state index in [1.807, 2.05) is 80.6 Å². The van der Waals surface area contributed by atoms with E-state index in [1.165, 1.54) is 5.56 Å². The number of aliphatic imine (C=N–C) groups is 1. The number of hydrogen-bond acceptors (Lipinski definition) is 4. The molecular weight excluding hydrogens is 374 g/mol. The second kappa shape index (κ2) is 10.3. The molecule has 154 valence electrons. The van der Waals surface area contributed by atoms with Crippen LogP contribution in [0, 0.1) is 6.92 Å². The van der Waals surface area contributed by atoms with E-state index >= 15 is 0 Å². The second-order valence-corrected chi connectivity index (χ2v) is 6.95. The van der Waals surface area contributed by atoms with Gasteiger partial charge in [0, 0.05) is 5.57 Å². The predicted octanol–water partition coefficient (Wildman–Crippen LogP) is 6.66. The molecule has 0 saturated carbocycles. The Morgan fingerprint density at radius 1 is 0.900 bits per heavy atom. The molecule has 4 heteroatoms. The van der Waals surface area contributed by atoms with Gasteiger partial charge in [0.05, 0.1) is 19.1 Å². The lowest BCUT2D eigenvalue weighted by atomic mass is 10.2. The van der Waals surface area contributed by atoms with E-state index in [2.05, 4.69) is 13.0 Å². The Bertz CT molecular complexity index is 1040. The summed E-state index contributed by atoms with van der Waals surface area (Å²) >= 11 is 0. The molecule has 0 aliphatic rings. The molecular formula is C26H27NO3. The Morgan fingerprint density at radius 3 is 2.33 bits per heavy atom. The van der Waals surface area contributed by atoms with Crippen LogP contribution in [-0.4, -0.2) is 13.0 Å². The zero-order valence-electron chi connectivity index (χ0n) is 17.9. The molecule has 0 fully saturated rings. The topological polar surface area (TPSA) is 40.0 Å². The highest BCUT2D eigenvalue weighted by molar-refractivity contribution is 5.96. The highest BCUT2D eigenvalue weighted by atomic mass is 16.5. The molecule has 30 heavy (non-hydrogen) atoms. The summed E-state index contributed by atoms with van der Waals surface area (Å²) in [6.07, 6.45) is 2.61. The fourth-order valence-corrected chi connectivity index (χ4v) is 2.80. The lowest BCUT2D eigenvalue weighted by Gasteiger charge is -2.11. The summed E-state index contributed by atoms with van der Waals surface area (Å²) in [5, 5.41) is 0. The van der Waals surface area contributed by atoms with Gasteiger partial charge in [-0.1, -0.05) is 31.2 Å². The van der Waals surface area contributed by atoms with Gasteiger partial charge in [0.1, 0.15) is 17.2 Å². The highest BCUT2D eigenvalue weighted by Crippen LogP contribution is 2.22. The normalized spacial score (nSPS) is 11.9. The largest absolute Gasteiger partial charge is 0.497 e. The third-order valence-electron chi connectivity index (χ3n) is 4.52. The fourth-order valence-electron chi connectivity index (χ4n) is 2.80. The van der Waals surface area contributed by atoms with Gasteiger partial charge in [-0.05, 0) is 79.9 Å². The Labute approximate surface area is 178 Å². The van der Waals surface area contributed by atoms with Gasteiger partial charge in [0.2, 0.25) is 5.90 Å². The van der Waals surface area contributed by atoms with Crippen molar-refractivity contribution in [1.29, 1.82) is 0 Å². The van der Waals surface area contributed by atoms with Crippen LogP contribution >= 0.6 is 0 Å². The standard InChI is InChI=1S/C26H27NO3/c1-5-21-9-7-11-25(17-21)30-26(27-22-12-14-23(28-4)15-13-22)20(3)18-29-24-10-6-8-19(2)16-24/h6-18H,5H2,1-4H3. The lowest BCUT2D eigenvalue weighted by Crippen LogP contribution is -2.11. The Morgan fingerprint density at radius 2 is 1.63 bits per heavy atom. The van der Waals surface area contributed by atoms with E-state index in [1.54, 1.807) is 13.4 Å². The number of methoxy groups -OCH3 is 1. The summed E-state index contributed by atoms with van der Waals surface area (Å²) < 4.78 is 17.2. The molecule has 0 radical (unpaired) electrons. The molecule has 0 amide bonds. The van der Waals surface area contributed by atoms with E-state index < -0.39 is 0 Å². The lowest BCUT2D eigenvalue weighted by molar-refractivity contribution is 0.415. The summed E-state index contributed by atoms with van der Waals surface area (Å²) in [7, 11) is 1.64. The molecule has 0 aliphatic heterocycles. The van der Waals surface area contributed by atoms with Crippen molar-refractivity contribution < 1.29 is 14.2 Å². The molecule has 0 atom stereocenters. The smallest absolute Gasteiger partial charge is 0.225 e. The number of rotatable bonds is 7. The quantitative estimate of drug-likeness (QED) is 0.252. The van der Waals surface area contributed by atoms with Gasteiger partial charge in [0.25, 0.3) is 0 Å². The minimum atomic E-state index is 0.473. The number of benzene rings is 3. The Balaban J connectivity index is 1.90. The molecule has 0 saturated heterocycles. The zero-order chi connectivity index (χ0) is 21.3. The number of nitrogens with zero attached hydrogens (tertiary/aromatic N) is 1. The molecule has 0 N–H and O–H groups in total. The number of aryl methyl sites for hydroxylation is 2. The molecule has 4 nitrogen and oxygen atoms in total. The van der Waals surface area contributed by atoms with Gasteiger partial charge >= 0.3 is 0 Å². The maximum Gasteiger partial charge on any atom is 0.225 e. The van der Waals surface area contributed by atoms with Gasteiger partial charge in [0.15, 0.2) is 0 Å². The summed E-state index contributed by atoms with van der Waals surface area (Å²) in [5.41, 5.74) is 3.88. The average Bonchev–Trinajstić information content (AvgIpc) is 2.77. The molecule has 0 bridgehead atoms. The summed E-state index contributed by atoms with van der Waals surface area (Å²) in [5.74, 6) is 2.76. The molecule has 0 heterocycles. The van der Waals surface area contributed by atoms with E-state index in [0.29, 0.717) is 5.90 Å². The van der Waals surface area contributed by atoms with Gasteiger partial charge in [-0.15, -0.1) is 0 Å². The molecule has 3 aromatic carbocycles. The molecule has 0 spiro atoms. The average molecular weight is 402 g/mol. The van der Waals surface area contributed by atoms with Crippen molar-refractivity contribution in [3.63, 3.8) is 0 Å². The first-order chi connectivity index (χ1) is 14.6. The van der Waals surface area contributed by atoms with Crippen molar-refractivity contribution in [2.75, 3.05) is 7.11 Å². The van der Waals surface area contributed by atoms with Gasteiger partial charge in [-0.25, -0.2) is 4.99 Å². The molecule has 0 aromatic heterocycles. The van der Waals surface area contributed by atoms with Gasteiger partial charge < -0.3 is 14.2 Å². The maximum absolute atomic E-state index is 6.16. The van der Waals surface area contributed by atoms with Crippen molar-refractivity contribution in [3.8, 4) is 17.2 Å². The maximum atomic E-state index is 6.16.